The molecule has 9 heteroatoms. The van der Waals surface area contributed by atoms with Crippen LogP contribution in [0.15, 0.2) is 22.7 Å². The number of nitrogens with one attached hydrogen (secondary N) is 1. The van der Waals surface area contributed by atoms with Gasteiger partial charge in [0.05, 0.1) is 17.2 Å². The van der Waals surface area contributed by atoms with Gasteiger partial charge in [-0.1, -0.05) is 15.9 Å². The van der Waals surface area contributed by atoms with Crippen LogP contribution in [0.25, 0.3) is 0 Å². The Morgan fingerprint density at radius 1 is 1.33 bits per heavy atom. The monoisotopic (exact) mass is 369 g/mol. The third-order valence-corrected chi connectivity index (χ3v) is 3.06. The summed E-state index contributed by atoms with van der Waals surface area (Å²) in [4.78, 5) is 22.7. The molecule has 0 saturated carbocycles. The summed E-state index contributed by atoms with van der Waals surface area (Å²) in [5.41, 5.74) is -1.93. The number of halogens is 4. The molecule has 0 aliphatic heterocycles. The predicted octanol–water partition coefficient (Wildman–Crippen LogP) is 2.03. The van der Waals surface area contributed by atoms with Crippen molar-refractivity contribution in [3.05, 3.63) is 33.8 Å². The van der Waals surface area contributed by atoms with Crippen LogP contribution in [0.3, 0.4) is 0 Å². The first-order chi connectivity index (χ1) is 9.54. The minimum Gasteiger partial charge on any atom is -0.480 e. The summed E-state index contributed by atoms with van der Waals surface area (Å²) in [6, 6.07) is 1.15. The van der Waals surface area contributed by atoms with Crippen LogP contribution in [0.5, 0.6) is 0 Å². The molecule has 0 unspecified atom stereocenters. The zero-order valence-corrected chi connectivity index (χ0v) is 12.2. The molecule has 0 aliphatic carbocycles. The molecule has 0 aromatic heterocycles. The number of rotatable bonds is 4. The average Bonchev–Trinajstić information content (AvgIpc) is 2.33. The summed E-state index contributed by atoms with van der Waals surface area (Å²) in [6.45, 7) is 1.10. The summed E-state index contributed by atoms with van der Waals surface area (Å²) in [7, 11) is 0. The summed E-state index contributed by atoms with van der Waals surface area (Å²) in [6.07, 6.45) is -6.24. The predicted molar refractivity (Wildman–Crippen MR) is 69.7 cm³/mol. The van der Waals surface area contributed by atoms with Crippen molar-refractivity contribution in [2.24, 2.45) is 0 Å². The SMILES string of the molecule is C[C@@H](O)[C@H](NC(=O)c1ccc(Br)cc1C(F)(F)F)C(=O)O. The Morgan fingerprint density at radius 2 is 1.90 bits per heavy atom. The third-order valence-electron chi connectivity index (χ3n) is 2.57. The molecule has 0 fully saturated rings. The van der Waals surface area contributed by atoms with Gasteiger partial charge >= 0.3 is 12.1 Å². The van der Waals surface area contributed by atoms with Crippen molar-refractivity contribution in [3.8, 4) is 0 Å². The van der Waals surface area contributed by atoms with Crippen LogP contribution in [-0.2, 0) is 11.0 Å². The molecule has 2 atom stereocenters. The topological polar surface area (TPSA) is 86.6 Å². The molecule has 0 bridgehead atoms. The Kier molecular flexibility index (Phi) is 5.35. The molecule has 0 aliphatic rings. The maximum absolute atomic E-state index is 12.9. The van der Waals surface area contributed by atoms with E-state index in [4.69, 9.17) is 5.11 Å². The van der Waals surface area contributed by atoms with E-state index in [0.29, 0.717) is 6.07 Å². The number of carbonyl (C=O) groups excluding carboxylic acids is 1. The van der Waals surface area contributed by atoms with Crippen molar-refractivity contribution >= 4 is 27.8 Å². The molecule has 3 N–H and O–H groups in total. The second-order valence-electron chi connectivity index (χ2n) is 4.22. The van der Waals surface area contributed by atoms with Crippen LogP contribution in [0.4, 0.5) is 13.2 Å². The van der Waals surface area contributed by atoms with E-state index >= 15 is 0 Å². The fourth-order valence-corrected chi connectivity index (χ4v) is 1.92. The zero-order valence-electron chi connectivity index (χ0n) is 10.6. The van der Waals surface area contributed by atoms with Crippen molar-refractivity contribution < 1.29 is 33.0 Å². The smallest absolute Gasteiger partial charge is 0.417 e. The van der Waals surface area contributed by atoms with E-state index < -0.39 is 41.3 Å². The van der Waals surface area contributed by atoms with Gasteiger partial charge in [0.15, 0.2) is 6.04 Å². The van der Waals surface area contributed by atoms with Crippen LogP contribution >= 0.6 is 15.9 Å². The Hall–Kier alpha value is -1.61. The van der Waals surface area contributed by atoms with E-state index in [-0.39, 0.29) is 4.47 Å². The van der Waals surface area contributed by atoms with E-state index in [9.17, 15) is 27.9 Å². The summed E-state index contributed by atoms with van der Waals surface area (Å²) >= 11 is 2.87. The van der Waals surface area contributed by atoms with Crippen LogP contribution < -0.4 is 5.32 Å². The van der Waals surface area contributed by atoms with Gasteiger partial charge < -0.3 is 15.5 Å². The van der Waals surface area contributed by atoms with Crippen LogP contribution in [-0.4, -0.2) is 34.2 Å². The van der Waals surface area contributed by atoms with E-state index in [1.54, 1.807) is 0 Å². The van der Waals surface area contributed by atoms with Gasteiger partial charge in [-0.15, -0.1) is 0 Å². The van der Waals surface area contributed by atoms with Crippen LogP contribution in [0.1, 0.15) is 22.8 Å². The number of aliphatic hydroxyl groups is 1. The molecule has 0 saturated heterocycles. The summed E-state index contributed by atoms with van der Waals surface area (Å²) in [5.74, 6) is -2.79. The van der Waals surface area contributed by atoms with Gasteiger partial charge in [-0.25, -0.2) is 4.79 Å². The molecule has 1 aromatic rings. The van der Waals surface area contributed by atoms with Gasteiger partial charge in [-0.2, -0.15) is 13.2 Å². The molecule has 5 nitrogen and oxygen atoms in total. The first kappa shape index (κ1) is 17.4. The van der Waals surface area contributed by atoms with E-state index in [0.717, 1.165) is 13.0 Å². The number of aliphatic hydroxyl groups excluding tert-OH is 1. The molecule has 21 heavy (non-hydrogen) atoms. The van der Waals surface area contributed by atoms with Gasteiger partial charge in [-0.05, 0) is 25.1 Å². The van der Waals surface area contributed by atoms with Gasteiger partial charge in [0.2, 0.25) is 0 Å². The fourth-order valence-electron chi connectivity index (χ4n) is 1.56. The Balaban J connectivity index is 3.16. The highest BCUT2D eigenvalue weighted by Crippen LogP contribution is 2.33. The van der Waals surface area contributed by atoms with Crippen molar-refractivity contribution in [2.45, 2.75) is 25.2 Å². The first-order valence-electron chi connectivity index (χ1n) is 5.62. The molecule has 1 aromatic carbocycles. The number of aliphatic carboxylic acids is 1. The van der Waals surface area contributed by atoms with E-state index in [1.807, 2.05) is 5.32 Å². The van der Waals surface area contributed by atoms with Gasteiger partial charge in [0.25, 0.3) is 5.91 Å². The maximum atomic E-state index is 12.9. The summed E-state index contributed by atoms with van der Waals surface area (Å²) < 4.78 is 38.8. The molecular formula is C12H11BrF3NO4. The van der Waals surface area contributed by atoms with Crippen molar-refractivity contribution in [3.63, 3.8) is 0 Å². The zero-order chi connectivity index (χ0) is 16.4. The molecular weight excluding hydrogens is 359 g/mol. The largest absolute Gasteiger partial charge is 0.480 e. The molecule has 0 spiro atoms. The number of carboxylic acids is 1. The number of benzene rings is 1. The molecule has 1 amide bonds. The normalized spacial score (nSPS) is 14.4. The van der Waals surface area contributed by atoms with Crippen molar-refractivity contribution in [1.29, 1.82) is 0 Å². The number of alkyl halides is 3. The van der Waals surface area contributed by atoms with Gasteiger partial charge in [0, 0.05) is 4.47 Å². The lowest BCUT2D eigenvalue weighted by Crippen LogP contribution is -2.48. The Morgan fingerprint density at radius 3 is 2.33 bits per heavy atom. The number of hydrogen-bond donors (Lipinski definition) is 3. The number of carbonyl (C=O) groups is 2. The van der Waals surface area contributed by atoms with E-state index in [2.05, 4.69) is 15.9 Å². The van der Waals surface area contributed by atoms with Gasteiger partial charge in [0.1, 0.15) is 0 Å². The average molecular weight is 370 g/mol. The minimum absolute atomic E-state index is 0.122. The molecule has 116 valence electrons. The standard InChI is InChI=1S/C12H11BrF3NO4/c1-5(18)9(11(20)21)17-10(19)7-3-2-6(13)4-8(7)12(14,15)16/h2-5,9,18H,1H3,(H,17,19)(H,20,21)/t5-,9+/m1/s1. The Bertz CT molecular complexity index is 560. The third kappa shape index (κ3) is 4.43. The van der Waals surface area contributed by atoms with Gasteiger partial charge in [-0.3, -0.25) is 4.79 Å². The van der Waals surface area contributed by atoms with Crippen LogP contribution in [0.2, 0.25) is 0 Å². The van der Waals surface area contributed by atoms with Crippen LogP contribution in [0, 0.1) is 0 Å². The Labute approximate surface area is 125 Å². The minimum atomic E-state index is -4.78. The second-order valence-corrected chi connectivity index (χ2v) is 5.13. The molecule has 0 radical (unpaired) electrons. The first-order valence-corrected chi connectivity index (χ1v) is 6.42. The number of amides is 1. The summed E-state index contributed by atoms with van der Waals surface area (Å²) in [5, 5.41) is 19.9. The highest BCUT2D eigenvalue weighted by Gasteiger charge is 2.36. The number of hydrogen-bond acceptors (Lipinski definition) is 3. The fraction of sp³-hybridized carbons (Fsp3) is 0.333. The van der Waals surface area contributed by atoms with E-state index in [1.165, 1.54) is 6.07 Å². The quantitative estimate of drug-likeness (QED) is 0.757. The lowest BCUT2D eigenvalue weighted by atomic mass is 10.1. The number of carboxylic acid groups (broad SMARTS) is 1. The highest BCUT2D eigenvalue weighted by molar-refractivity contribution is 9.10. The lowest BCUT2D eigenvalue weighted by molar-refractivity contribution is -0.141. The maximum Gasteiger partial charge on any atom is 0.417 e. The highest BCUT2D eigenvalue weighted by atomic mass is 79.9. The lowest BCUT2D eigenvalue weighted by Gasteiger charge is -2.19. The van der Waals surface area contributed by atoms with Crippen molar-refractivity contribution in [2.75, 3.05) is 0 Å². The molecule has 1 rings (SSSR count). The molecule has 0 heterocycles. The second kappa shape index (κ2) is 6.44. The van der Waals surface area contributed by atoms with Crippen molar-refractivity contribution in [1.82, 2.24) is 5.32 Å².